The van der Waals surface area contributed by atoms with Crippen LogP contribution < -0.4 is 4.74 Å². The third kappa shape index (κ3) is 3.56. The molecule has 0 radical (unpaired) electrons. The second-order valence-corrected chi connectivity index (χ2v) is 5.73. The molecule has 2 nitrogen and oxygen atoms in total. The van der Waals surface area contributed by atoms with Gasteiger partial charge in [-0.3, -0.25) is 0 Å². The number of ether oxygens (including phenoxy) is 1. The highest BCUT2D eigenvalue weighted by molar-refractivity contribution is 7.98. The van der Waals surface area contributed by atoms with E-state index in [-0.39, 0.29) is 6.10 Å². The Kier molecular flexibility index (Phi) is 5.10. The lowest BCUT2D eigenvalue weighted by Gasteiger charge is -2.16. The Morgan fingerprint density at radius 2 is 1.65 bits per heavy atom. The Labute approximate surface area is 124 Å². The fourth-order valence-electron chi connectivity index (χ4n) is 2.07. The maximum atomic E-state index is 10.5. The molecule has 1 N–H and O–H groups in total. The Morgan fingerprint density at radius 3 is 2.25 bits per heavy atom. The Hall–Kier alpha value is -1.45. The Morgan fingerprint density at radius 1 is 1.00 bits per heavy atom. The first-order valence-corrected chi connectivity index (χ1v) is 7.92. The Bertz CT molecular complexity index is 549. The zero-order chi connectivity index (χ0) is 14.5. The molecule has 0 saturated carbocycles. The normalized spacial score (nSPS) is 12.4. The average Bonchev–Trinajstić information content (AvgIpc) is 2.46. The lowest BCUT2D eigenvalue weighted by Crippen LogP contribution is -2.06. The minimum Gasteiger partial charge on any atom is -0.491 e. The van der Waals surface area contributed by atoms with Crippen LogP contribution in [0.1, 0.15) is 31.1 Å². The highest BCUT2D eigenvalue weighted by Gasteiger charge is 2.14. The van der Waals surface area contributed by atoms with E-state index in [0.29, 0.717) is 0 Å². The van der Waals surface area contributed by atoms with Gasteiger partial charge in [0, 0.05) is 4.90 Å². The van der Waals surface area contributed by atoms with E-state index in [1.165, 1.54) is 0 Å². The van der Waals surface area contributed by atoms with Gasteiger partial charge < -0.3 is 9.84 Å². The van der Waals surface area contributed by atoms with Crippen molar-refractivity contribution in [3.63, 3.8) is 0 Å². The maximum absolute atomic E-state index is 10.5. The van der Waals surface area contributed by atoms with Gasteiger partial charge in [0.25, 0.3) is 0 Å². The fourth-order valence-corrected chi connectivity index (χ4v) is 2.70. The third-order valence-corrected chi connectivity index (χ3v) is 3.81. The van der Waals surface area contributed by atoms with Gasteiger partial charge in [0.1, 0.15) is 11.9 Å². The number of aliphatic hydroxyl groups is 1. The van der Waals surface area contributed by atoms with Crippen LogP contribution in [0.25, 0.3) is 0 Å². The van der Waals surface area contributed by atoms with Crippen molar-refractivity contribution >= 4 is 11.8 Å². The van der Waals surface area contributed by atoms with Crippen LogP contribution >= 0.6 is 11.8 Å². The lowest BCUT2D eigenvalue weighted by atomic mass is 10.0. The molecule has 2 rings (SSSR count). The SMILES string of the molecule is CSc1ccccc1C(O)c1ccc(OC(C)C)cc1. The molecule has 0 heterocycles. The smallest absolute Gasteiger partial charge is 0.119 e. The number of hydrogen-bond donors (Lipinski definition) is 1. The molecule has 106 valence electrons. The van der Waals surface area contributed by atoms with E-state index in [0.717, 1.165) is 21.8 Å². The minimum atomic E-state index is -0.605. The number of aliphatic hydroxyl groups excluding tert-OH is 1. The van der Waals surface area contributed by atoms with E-state index in [1.54, 1.807) is 11.8 Å². The summed E-state index contributed by atoms with van der Waals surface area (Å²) >= 11 is 1.65. The van der Waals surface area contributed by atoms with Crippen LogP contribution in [-0.2, 0) is 0 Å². The summed E-state index contributed by atoms with van der Waals surface area (Å²) in [6, 6.07) is 15.6. The van der Waals surface area contributed by atoms with Crippen molar-refractivity contribution in [3.05, 3.63) is 59.7 Å². The van der Waals surface area contributed by atoms with Gasteiger partial charge in [-0.1, -0.05) is 30.3 Å². The van der Waals surface area contributed by atoms with Crippen molar-refractivity contribution in [2.75, 3.05) is 6.26 Å². The van der Waals surface area contributed by atoms with Crippen LogP contribution in [0.15, 0.2) is 53.4 Å². The first-order chi connectivity index (χ1) is 9.61. The predicted octanol–water partition coefficient (Wildman–Crippen LogP) is 4.28. The summed E-state index contributed by atoms with van der Waals surface area (Å²) in [4.78, 5) is 1.10. The summed E-state index contributed by atoms with van der Waals surface area (Å²) in [5.41, 5.74) is 1.82. The maximum Gasteiger partial charge on any atom is 0.119 e. The molecule has 0 spiro atoms. The highest BCUT2D eigenvalue weighted by atomic mass is 32.2. The number of thioether (sulfide) groups is 1. The summed E-state index contributed by atoms with van der Waals surface area (Å²) in [6.45, 7) is 3.99. The van der Waals surface area contributed by atoms with E-state index in [2.05, 4.69) is 0 Å². The summed E-state index contributed by atoms with van der Waals surface area (Å²) in [7, 11) is 0. The van der Waals surface area contributed by atoms with E-state index in [1.807, 2.05) is 68.6 Å². The van der Waals surface area contributed by atoms with Gasteiger partial charge in [0.2, 0.25) is 0 Å². The van der Waals surface area contributed by atoms with E-state index < -0.39 is 6.10 Å². The van der Waals surface area contributed by atoms with Gasteiger partial charge in [-0.15, -0.1) is 11.8 Å². The molecule has 3 heteroatoms. The van der Waals surface area contributed by atoms with Crippen molar-refractivity contribution in [3.8, 4) is 5.75 Å². The average molecular weight is 288 g/mol. The van der Waals surface area contributed by atoms with Crippen molar-refractivity contribution in [2.24, 2.45) is 0 Å². The molecule has 0 aliphatic heterocycles. The topological polar surface area (TPSA) is 29.5 Å². The number of rotatable bonds is 5. The van der Waals surface area contributed by atoms with Crippen molar-refractivity contribution in [2.45, 2.75) is 31.0 Å². The number of hydrogen-bond acceptors (Lipinski definition) is 3. The van der Waals surface area contributed by atoms with E-state index in [9.17, 15) is 5.11 Å². The van der Waals surface area contributed by atoms with E-state index >= 15 is 0 Å². The monoisotopic (exact) mass is 288 g/mol. The molecule has 0 aromatic heterocycles. The van der Waals surface area contributed by atoms with Gasteiger partial charge in [0.15, 0.2) is 0 Å². The van der Waals surface area contributed by atoms with Crippen LogP contribution in [0.4, 0.5) is 0 Å². The highest BCUT2D eigenvalue weighted by Crippen LogP contribution is 2.30. The first kappa shape index (κ1) is 14.9. The van der Waals surface area contributed by atoms with Crippen LogP contribution in [0.3, 0.4) is 0 Å². The van der Waals surface area contributed by atoms with Crippen molar-refractivity contribution < 1.29 is 9.84 Å². The molecule has 0 aliphatic rings. The molecular weight excluding hydrogens is 268 g/mol. The molecule has 0 saturated heterocycles. The van der Waals surface area contributed by atoms with Crippen molar-refractivity contribution in [1.29, 1.82) is 0 Å². The van der Waals surface area contributed by atoms with Gasteiger partial charge in [0.05, 0.1) is 6.10 Å². The van der Waals surface area contributed by atoms with Gasteiger partial charge in [-0.05, 0) is 49.4 Å². The molecule has 0 bridgehead atoms. The zero-order valence-electron chi connectivity index (χ0n) is 12.0. The summed E-state index contributed by atoms with van der Waals surface area (Å²) in [5, 5.41) is 10.5. The van der Waals surface area contributed by atoms with Gasteiger partial charge in [-0.25, -0.2) is 0 Å². The minimum absolute atomic E-state index is 0.156. The second kappa shape index (κ2) is 6.82. The third-order valence-electron chi connectivity index (χ3n) is 3.00. The lowest BCUT2D eigenvalue weighted by molar-refractivity contribution is 0.216. The van der Waals surface area contributed by atoms with Crippen LogP contribution in [0.2, 0.25) is 0 Å². The molecule has 20 heavy (non-hydrogen) atoms. The molecule has 2 aromatic carbocycles. The molecule has 0 aliphatic carbocycles. The summed E-state index contributed by atoms with van der Waals surface area (Å²) in [6.07, 6.45) is 1.57. The largest absolute Gasteiger partial charge is 0.491 e. The van der Waals surface area contributed by atoms with Crippen LogP contribution in [0.5, 0.6) is 5.75 Å². The molecule has 0 amide bonds. The molecule has 2 aromatic rings. The molecule has 1 atom stereocenters. The van der Waals surface area contributed by atoms with Crippen molar-refractivity contribution in [1.82, 2.24) is 0 Å². The second-order valence-electron chi connectivity index (χ2n) is 4.88. The number of benzene rings is 2. The molecule has 1 unspecified atom stereocenters. The quantitative estimate of drug-likeness (QED) is 0.833. The fraction of sp³-hybridized carbons (Fsp3) is 0.294. The van der Waals surface area contributed by atoms with Crippen LogP contribution in [0, 0.1) is 0 Å². The van der Waals surface area contributed by atoms with Crippen LogP contribution in [-0.4, -0.2) is 17.5 Å². The predicted molar refractivity (Wildman–Crippen MR) is 84.5 cm³/mol. The first-order valence-electron chi connectivity index (χ1n) is 6.69. The molecule has 0 fully saturated rings. The van der Waals surface area contributed by atoms with Gasteiger partial charge in [-0.2, -0.15) is 0 Å². The molecular formula is C17H20O2S. The standard InChI is InChI=1S/C17H20O2S/c1-12(2)19-14-10-8-13(9-11-14)17(18)15-6-4-5-7-16(15)20-3/h4-12,17-18H,1-3H3. The Balaban J connectivity index is 2.22. The summed E-state index contributed by atoms with van der Waals surface area (Å²) in [5.74, 6) is 0.828. The summed E-state index contributed by atoms with van der Waals surface area (Å²) < 4.78 is 5.61. The van der Waals surface area contributed by atoms with E-state index in [4.69, 9.17) is 4.74 Å². The van der Waals surface area contributed by atoms with Gasteiger partial charge >= 0.3 is 0 Å². The zero-order valence-corrected chi connectivity index (χ0v) is 12.9.